The third-order valence-electron chi connectivity index (χ3n) is 5.51. The predicted octanol–water partition coefficient (Wildman–Crippen LogP) is 5.79. The molecule has 0 spiro atoms. The van der Waals surface area contributed by atoms with Gasteiger partial charge in [-0.15, -0.1) is 10.2 Å². The van der Waals surface area contributed by atoms with Gasteiger partial charge >= 0.3 is 0 Å². The van der Waals surface area contributed by atoms with Crippen LogP contribution in [0.2, 0.25) is 0 Å². The number of carbonyl (C=O) groups is 1. The van der Waals surface area contributed by atoms with Gasteiger partial charge in [-0.2, -0.15) is 5.10 Å². The monoisotopic (exact) mass is 562 g/mol. The van der Waals surface area contributed by atoms with Gasteiger partial charge in [0.15, 0.2) is 11.0 Å². The lowest BCUT2D eigenvalue weighted by Crippen LogP contribution is -2.21. The summed E-state index contributed by atoms with van der Waals surface area (Å²) in [6, 6.07) is 25.9. The van der Waals surface area contributed by atoms with Crippen molar-refractivity contribution in [2.45, 2.75) is 19.0 Å². The Morgan fingerprint density at radius 3 is 2.36 bits per heavy atom. The minimum Gasteiger partial charge on any atom is -0.372 e. The molecule has 0 atom stereocenters. The lowest BCUT2D eigenvalue weighted by molar-refractivity contribution is -0.118. The molecule has 0 saturated heterocycles. The van der Waals surface area contributed by atoms with Crippen molar-refractivity contribution in [2.75, 3.05) is 23.7 Å². The van der Waals surface area contributed by atoms with Crippen molar-refractivity contribution in [2.24, 2.45) is 5.10 Å². The fourth-order valence-corrected chi connectivity index (χ4v) is 4.67. The SMILES string of the molecule is CCN(CC)c1ccc(C=NNC(=O)CSc2nnc(-c3ccccc3)n2-c2ccc(Br)cc2)cc1. The van der Waals surface area contributed by atoms with Crippen LogP contribution in [-0.2, 0) is 4.79 Å². The number of hydrogen-bond acceptors (Lipinski definition) is 6. The van der Waals surface area contributed by atoms with Crippen LogP contribution in [0.1, 0.15) is 19.4 Å². The maximum Gasteiger partial charge on any atom is 0.250 e. The van der Waals surface area contributed by atoms with Gasteiger partial charge in [0.05, 0.1) is 12.0 Å². The maximum atomic E-state index is 12.5. The smallest absolute Gasteiger partial charge is 0.250 e. The lowest BCUT2D eigenvalue weighted by atomic mass is 10.2. The van der Waals surface area contributed by atoms with Gasteiger partial charge in [-0.3, -0.25) is 9.36 Å². The second-order valence-corrected chi connectivity index (χ2v) is 9.69. The van der Waals surface area contributed by atoms with Gasteiger partial charge in [-0.25, -0.2) is 5.43 Å². The minimum atomic E-state index is -0.220. The van der Waals surface area contributed by atoms with Crippen LogP contribution in [-0.4, -0.2) is 45.7 Å². The molecule has 36 heavy (non-hydrogen) atoms. The molecule has 3 aromatic carbocycles. The largest absolute Gasteiger partial charge is 0.372 e. The fourth-order valence-electron chi connectivity index (χ4n) is 3.66. The molecule has 1 N–H and O–H groups in total. The first-order chi connectivity index (χ1) is 17.6. The molecule has 9 heteroatoms. The summed E-state index contributed by atoms with van der Waals surface area (Å²) >= 11 is 4.80. The molecule has 7 nitrogen and oxygen atoms in total. The Kier molecular flexibility index (Phi) is 8.91. The molecule has 4 aromatic rings. The number of carbonyl (C=O) groups excluding carboxylic acids is 1. The summed E-state index contributed by atoms with van der Waals surface area (Å²) < 4.78 is 2.94. The van der Waals surface area contributed by atoms with Gasteiger partial charge in [0.2, 0.25) is 0 Å². The number of benzene rings is 3. The quantitative estimate of drug-likeness (QED) is 0.150. The number of halogens is 1. The molecule has 0 aliphatic heterocycles. The summed E-state index contributed by atoms with van der Waals surface area (Å²) in [6.07, 6.45) is 1.65. The van der Waals surface area contributed by atoms with E-state index in [1.807, 2.05) is 71.3 Å². The Morgan fingerprint density at radius 1 is 1.00 bits per heavy atom. The summed E-state index contributed by atoms with van der Waals surface area (Å²) in [5.74, 6) is 0.649. The Balaban J connectivity index is 1.42. The van der Waals surface area contributed by atoms with Crippen molar-refractivity contribution in [3.8, 4) is 17.1 Å². The molecule has 4 rings (SSSR count). The van der Waals surface area contributed by atoms with E-state index in [9.17, 15) is 4.79 Å². The molecule has 0 bridgehead atoms. The van der Waals surface area contributed by atoms with E-state index in [0.29, 0.717) is 11.0 Å². The average Bonchev–Trinajstić information content (AvgIpc) is 3.34. The van der Waals surface area contributed by atoms with Crippen LogP contribution >= 0.6 is 27.7 Å². The first kappa shape index (κ1) is 25.7. The number of nitrogens with zero attached hydrogens (tertiary/aromatic N) is 5. The van der Waals surface area contributed by atoms with Gasteiger partial charge in [0, 0.05) is 34.5 Å². The van der Waals surface area contributed by atoms with Crippen LogP contribution in [0.25, 0.3) is 17.1 Å². The highest BCUT2D eigenvalue weighted by atomic mass is 79.9. The van der Waals surface area contributed by atoms with Crippen LogP contribution in [0.3, 0.4) is 0 Å². The fraction of sp³-hybridized carbons (Fsp3) is 0.185. The first-order valence-electron chi connectivity index (χ1n) is 11.7. The zero-order valence-corrected chi connectivity index (χ0v) is 22.5. The average molecular weight is 564 g/mol. The van der Waals surface area contributed by atoms with Crippen molar-refractivity contribution in [3.63, 3.8) is 0 Å². The Labute approximate surface area is 223 Å². The summed E-state index contributed by atoms with van der Waals surface area (Å²) in [4.78, 5) is 14.8. The highest BCUT2D eigenvalue weighted by Crippen LogP contribution is 2.28. The topological polar surface area (TPSA) is 75.4 Å². The number of hydrazone groups is 1. The molecule has 0 aliphatic carbocycles. The molecule has 1 amide bonds. The Hall–Kier alpha value is -3.43. The lowest BCUT2D eigenvalue weighted by Gasteiger charge is -2.20. The van der Waals surface area contributed by atoms with Gasteiger partial charge in [0.1, 0.15) is 0 Å². The van der Waals surface area contributed by atoms with Crippen molar-refractivity contribution in [1.82, 2.24) is 20.2 Å². The van der Waals surface area contributed by atoms with Crippen molar-refractivity contribution >= 4 is 45.5 Å². The number of hydrogen-bond donors (Lipinski definition) is 1. The molecular formula is C27H27BrN6OS. The number of nitrogens with one attached hydrogen (secondary N) is 1. The molecule has 0 aliphatic rings. The molecule has 0 fully saturated rings. The predicted molar refractivity (Wildman–Crippen MR) is 151 cm³/mol. The summed E-state index contributed by atoms with van der Waals surface area (Å²) in [7, 11) is 0. The standard InChI is InChI=1S/C27H27BrN6OS/c1-3-33(4-2)23-14-10-20(11-15-23)18-29-30-25(35)19-36-27-32-31-26(21-8-6-5-7-9-21)34(27)24-16-12-22(28)13-17-24/h5-18H,3-4,19H2,1-2H3,(H,30,35). The number of amides is 1. The summed E-state index contributed by atoms with van der Waals surface area (Å²) in [6.45, 7) is 6.19. The van der Waals surface area contributed by atoms with Crippen LogP contribution < -0.4 is 10.3 Å². The van der Waals surface area contributed by atoms with Crippen molar-refractivity contribution in [3.05, 3.63) is 88.9 Å². The van der Waals surface area contributed by atoms with E-state index in [1.165, 1.54) is 17.4 Å². The van der Waals surface area contributed by atoms with Crippen LogP contribution in [0.15, 0.2) is 93.6 Å². The van der Waals surface area contributed by atoms with Crippen molar-refractivity contribution in [1.29, 1.82) is 0 Å². The molecule has 0 radical (unpaired) electrons. The highest BCUT2D eigenvalue weighted by Gasteiger charge is 2.17. The second-order valence-electron chi connectivity index (χ2n) is 7.83. The molecule has 0 unspecified atom stereocenters. The van der Waals surface area contributed by atoms with E-state index in [0.717, 1.165) is 34.4 Å². The Morgan fingerprint density at radius 2 is 1.69 bits per heavy atom. The van der Waals surface area contributed by atoms with Gasteiger partial charge in [0.25, 0.3) is 5.91 Å². The normalized spacial score (nSPS) is 11.1. The first-order valence-corrected chi connectivity index (χ1v) is 13.4. The zero-order valence-electron chi connectivity index (χ0n) is 20.1. The number of aromatic nitrogens is 3. The number of anilines is 1. The molecule has 1 heterocycles. The number of thioether (sulfide) groups is 1. The maximum absolute atomic E-state index is 12.5. The van der Waals surface area contributed by atoms with E-state index in [4.69, 9.17) is 0 Å². The Bertz CT molecular complexity index is 1300. The van der Waals surface area contributed by atoms with E-state index < -0.39 is 0 Å². The molecular weight excluding hydrogens is 536 g/mol. The van der Waals surface area contributed by atoms with E-state index in [1.54, 1.807) is 6.21 Å². The second kappa shape index (κ2) is 12.5. The van der Waals surface area contributed by atoms with E-state index in [2.05, 4.69) is 67.5 Å². The van der Waals surface area contributed by atoms with Gasteiger partial charge in [-0.1, -0.05) is 70.2 Å². The molecule has 0 saturated carbocycles. The molecule has 184 valence electrons. The zero-order chi connectivity index (χ0) is 25.3. The summed E-state index contributed by atoms with van der Waals surface area (Å²) in [5.41, 5.74) is 6.55. The number of rotatable bonds is 10. The van der Waals surface area contributed by atoms with E-state index >= 15 is 0 Å². The van der Waals surface area contributed by atoms with Gasteiger partial charge in [-0.05, 0) is 55.8 Å². The van der Waals surface area contributed by atoms with Crippen molar-refractivity contribution < 1.29 is 4.79 Å². The van der Waals surface area contributed by atoms with Gasteiger partial charge < -0.3 is 4.90 Å². The van der Waals surface area contributed by atoms with Crippen LogP contribution in [0, 0.1) is 0 Å². The van der Waals surface area contributed by atoms with Crippen LogP contribution in [0.4, 0.5) is 5.69 Å². The molecule has 1 aromatic heterocycles. The van der Waals surface area contributed by atoms with E-state index in [-0.39, 0.29) is 11.7 Å². The third kappa shape index (κ3) is 6.41. The minimum absolute atomic E-state index is 0.154. The third-order valence-corrected chi connectivity index (χ3v) is 6.96. The van der Waals surface area contributed by atoms with Crippen LogP contribution in [0.5, 0.6) is 0 Å². The summed E-state index contributed by atoms with van der Waals surface area (Å²) in [5, 5.41) is 13.5. The highest BCUT2D eigenvalue weighted by molar-refractivity contribution is 9.10.